The highest BCUT2D eigenvalue weighted by Gasteiger charge is 2.28. The highest BCUT2D eigenvalue weighted by Crippen LogP contribution is 2.42. The number of anilines is 3. The third kappa shape index (κ3) is 5.45. The predicted molar refractivity (Wildman–Crippen MR) is 128 cm³/mol. The lowest BCUT2D eigenvalue weighted by Gasteiger charge is -2.24. The lowest BCUT2D eigenvalue weighted by atomic mass is 9.85. The number of hydrogen-bond donors (Lipinski definition) is 3. The molecule has 0 unspecified atom stereocenters. The molecule has 3 aromatic heterocycles. The van der Waals surface area contributed by atoms with E-state index in [2.05, 4.69) is 30.9 Å². The van der Waals surface area contributed by atoms with E-state index < -0.39 is 0 Å². The molecule has 1 amide bonds. The Morgan fingerprint density at radius 2 is 1.82 bits per heavy atom. The van der Waals surface area contributed by atoms with E-state index >= 15 is 0 Å². The van der Waals surface area contributed by atoms with Crippen molar-refractivity contribution in [2.24, 2.45) is 5.92 Å². The Balaban J connectivity index is 1.18. The molecular weight excluding hydrogens is 414 g/mol. The van der Waals surface area contributed by atoms with Crippen LogP contribution in [-0.2, 0) is 4.79 Å². The molecule has 0 bridgehead atoms. The molecule has 0 atom stereocenters. The maximum Gasteiger partial charge on any atom is 0.229 e. The van der Waals surface area contributed by atoms with Crippen LogP contribution in [0.15, 0.2) is 49.1 Å². The average molecular weight is 444 g/mol. The van der Waals surface area contributed by atoms with Crippen LogP contribution in [0.4, 0.5) is 17.5 Å². The summed E-state index contributed by atoms with van der Waals surface area (Å²) in [6, 6.07) is 7.81. The summed E-state index contributed by atoms with van der Waals surface area (Å²) < 4.78 is 0. The quantitative estimate of drug-likeness (QED) is 0.402. The fraction of sp³-hybridized carbons (Fsp3) is 0.400. The topological polar surface area (TPSA) is 105 Å². The van der Waals surface area contributed by atoms with Crippen LogP contribution in [0, 0.1) is 5.92 Å². The number of carbonyl (C=O) groups excluding carboxylic acids is 1. The van der Waals surface area contributed by atoms with Crippen molar-refractivity contribution in [2.45, 2.75) is 44.4 Å². The summed E-state index contributed by atoms with van der Waals surface area (Å²) >= 11 is 0. The second-order valence-corrected chi connectivity index (χ2v) is 8.76. The van der Waals surface area contributed by atoms with Crippen LogP contribution in [-0.4, -0.2) is 38.9 Å². The Bertz CT molecular complexity index is 1080. The van der Waals surface area contributed by atoms with Crippen LogP contribution in [0.1, 0.15) is 50.0 Å². The van der Waals surface area contributed by atoms with Gasteiger partial charge in [-0.25, -0.2) is 4.98 Å². The maximum absolute atomic E-state index is 12.0. The van der Waals surface area contributed by atoms with Crippen molar-refractivity contribution in [1.29, 1.82) is 0 Å². The van der Waals surface area contributed by atoms with Gasteiger partial charge in [-0.05, 0) is 62.3 Å². The number of nitrogens with zero attached hydrogens (tertiary/aromatic N) is 4. The number of rotatable bonds is 10. The van der Waals surface area contributed by atoms with Gasteiger partial charge in [0, 0.05) is 48.7 Å². The standard InChI is InChI=1S/C25H29N7O/c33-24(19-3-1-4-19)28-12-2-11-27-23-21(17-5-6-17)16-30-25(32-23)31-20-7-8-22(29-15-20)18-9-13-26-14-10-18/h7-10,13-17,19H,1-6,11-12H2,(H,28,33)(H2,27,30,31,32). The van der Waals surface area contributed by atoms with Crippen molar-refractivity contribution in [1.82, 2.24) is 25.3 Å². The number of amides is 1. The predicted octanol–water partition coefficient (Wildman–Crippen LogP) is 4.27. The third-order valence-corrected chi connectivity index (χ3v) is 6.25. The van der Waals surface area contributed by atoms with Crippen LogP contribution in [0.3, 0.4) is 0 Å². The van der Waals surface area contributed by atoms with Crippen molar-refractivity contribution in [3.8, 4) is 11.3 Å². The molecule has 2 aliphatic rings. The summed E-state index contributed by atoms with van der Waals surface area (Å²) in [5, 5.41) is 9.76. The van der Waals surface area contributed by atoms with Gasteiger partial charge in [0.25, 0.3) is 0 Å². The van der Waals surface area contributed by atoms with Gasteiger partial charge in [-0.2, -0.15) is 4.98 Å². The van der Waals surface area contributed by atoms with E-state index in [9.17, 15) is 4.79 Å². The highest BCUT2D eigenvalue weighted by molar-refractivity contribution is 5.79. The summed E-state index contributed by atoms with van der Waals surface area (Å²) in [6.07, 6.45) is 13.7. The van der Waals surface area contributed by atoms with Crippen LogP contribution in [0.2, 0.25) is 0 Å². The number of aromatic nitrogens is 4. The molecule has 8 nitrogen and oxygen atoms in total. The Kier molecular flexibility index (Phi) is 6.41. The molecule has 3 aromatic rings. The SMILES string of the molecule is O=C(NCCCNc1nc(Nc2ccc(-c3ccncc3)nc2)ncc1C1CC1)C1CCC1. The zero-order valence-corrected chi connectivity index (χ0v) is 18.6. The van der Waals surface area contributed by atoms with Crippen LogP contribution >= 0.6 is 0 Å². The van der Waals surface area contributed by atoms with Crippen LogP contribution in [0.5, 0.6) is 0 Å². The van der Waals surface area contributed by atoms with Gasteiger partial charge < -0.3 is 16.0 Å². The molecule has 2 saturated carbocycles. The van der Waals surface area contributed by atoms with E-state index in [-0.39, 0.29) is 11.8 Å². The second-order valence-electron chi connectivity index (χ2n) is 8.76. The van der Waals surface area contributed by atoms with E-state index in [4.69, 9.17) is 4.98 Å². The first kappa shape index (κ1) is 21.3. The molecule has 2 aliphatic carbocycles. The fourth-order valence-corrected chi connectivity index (χ4v) is 3.90. The van der Waals surface area contributed by atoms with Crippen molar-refractivity contribution >= 4 is 23.4 Å². The maximum atomic E-state index is 12.0. The van der Waals surface area contributed by atoms with E-state index in [0.29, 0.717) is 18.4 Å². The molecule has 0 saturated heterocycles. The largest absolute Gasteiger partial charge is 0.370 e. The summed E-state index contributed by atoms with van der Waals surface area (Å²) in [5.41, 5.74) is 3.92. The lowest BCUT2D eigenvalue weighted by molar-refractivity contribution is -0.127. The molecule has 0 spiro atoms. The minimum Gasteiger partial charge on any atom is -0.370 e. The van der Waals surface area contributed by atoms with Gasteiger partial charge >= 0.3 is 0 Å². The first-order chi connectivity index (χ1) is 16.3. The normalized spacial score (nSPS) is 15.5. The molecule has 33 heavy (non-hydrogen) atoms. The number of pyridine rings is 2. The van der Waals surface area contributed by atoms with Crippen molar-refractivity contribution in [2.75, 3.05) is 23.7 Å². The zero-order valence-electron chi connectivity index (χ0n) is 18.6. The molecular formula is C25H29N7O. The van der Waals surface area contributed by atoms with Gasteiger partial charge in [0.05, 0.1) is 17.6 Å². The molecule has 3 heterocycles. The van der Waals surface area contributed by atoms with Crippen LogP contribution in [0.25, 0.3) is 11.3 Å². The van der Waals surface area contributed by atoms with E-state index in [1.54, 1.807) is 18.6 Å². The monoisotopic (exact) mass is 443 g/mol. The smallest absolute Gasteiger partial charge is 0.229 e. The van der Waals surface area contributed by atoms with Crippen molar-refractivity contribution in [3.05, 3.63) is 54.6 Å². The van der Waals surface area contributed by atoms with E-state index in [0.717, 1.165) is 48.6 Å². The number of hydrogen-bond acceptors (Lipinski definition) is 7. The average Bonchev–Trinajstić information content (AvgIpc) is 3.64. The fourth-order valence-electron chi connectivity index (χ4n) is 3.90. The van der Waals surface area contributed by atoms with Gasteiger partial charge in [-0.1, -0.05) is 6.42 Å². The Morgan fingerprint density at radius 1 is 0.970 bits per heavy atom. The zero-order chi connectivity index (χ0) is 22.5. The van der Waals surface area contributed by atoms with Crippen LogP contribution < -0.4 is 16.0 Å². The van der Waals surface area contributed by atoms with Gasteiger partial charge in [0.15, 0.2) is 0 Å². The molecule has 170 valence electrons. The number of nitrogens with one attached hydrogen (secondary N) is 3. The summed E-state index contributed by atoms with van der Waals surface area (Å²) in [6.45, 7) is 1.44. The van der Waals surface area contributed by atoms with Gasteiger partial charge in [-0.15, -0.1) is 0 Å². The molecule has 2 fully saturated rings. The Morgan fingerprint density at radius 3 is 2.52 bits per heavy atom. The first-order valence-electron chi connectivity index (χ1n) is 11.8. The van der Waals surface area contributed by atoms with Crippen molar-refractivity contribution < 1.29 is 4.79 Å². The Labute approximate surface area is 193 Å². The minimum absolute atomic E-state index is 0.206. The molecule has 0 radical (unpaired) electrons. The lowest BCUT2D eigenvalue weighted by Crippen LogP contribution is -2.35. The summed E-state index contributed by atoms with van der Waals surface area (Å²) in [7, 11) is 0. The Hall–Kier alpha value is -3.55. The van der Waals surface area contributed by atoms with Gasteiger partial charge in [0.2, 0.25) is 11.9 Å². The van der Waals surface area contributed by atoms with E-state index in [1.165, 1.54) is 24.8 Å². The molecule has 5 rings (SSSR count). The summed E-state index contributed by atoms with van der Waals surface area (Å²) in [5.74, 6) is 2.40. The second kappa shape index (κ2) is 9.94. The van der Waals surface area contributed by atoms with Gasteiger partial charge in [0.1, 0.15) is 5.82 Å². The summed E-state index contributed by atoms with van der Waals surface area (Å²) in [4.78, 5) is 29.8. The highest BCUT2D eigenvalue weighted by atomic mass is 16.1. The van der Waals surface area contributed by atoms with Gasteiger partial charge in [-0.3, -0.25) is 14.8 Å². The van der Waals surface area contributed by atoms with Crippen molar-refractivity contribution in [3.63, 3.8) is 0 Å². The molecule has 8 heteroatoms. The third-order valence-electron chi connectivity index (χ3n) is 6.25. The molecule has 0 aliphatic heterocycles. The van der Waals surface area contributed by atoms with E-state index in [1.807, 2.05) is 30.5 Å². The molecule has 0 aromatic carbocycles. The molecule has 3 N–H and O–H groups in total. The first-order valence-corrected chi connectivity index (χ1v) is 11.8. The minimum atomic E-state index is 0.206. The number of carbonyl (C=O) groups is 1.